The van der Waals surface area contributed by atoms with Gasteiger partial charge in [-0.15, -0.1) is 0 Å². The minimum Gasteiger partial charge on any atom is -0.463 e. The van der Waals surface area contributed by atoms with Crippen LogP contribution in [0.2, 0.25) is 0 Å². The number of pyridine rings is 1. The van der Waals surface area contributed by atoms with Crippen LogP contribution in [0.15, 0.2) is 88.6 Å². The molecule has 0 fully saturated rings. The van der Waals surface area contributed by atoms with E-state index in [2.05, 4.69) is 15.5 Å². The van der Waals surface area contributed by atoms with Gasteiger partial charge >= 0.3 is 0 Å². The maximum Gasteiger partial charge on any atom is 0.276 e. The van der Waals surface area contributed by atoms with Crippen molar-refractivity contribution in [3.8, 4) is 11.5 Å². The first-order valence-corrected chi connectivity index (χ1v) is 9.30. The highest BCUT2D eigenvalue weighted by Crippen LogP contribution is 2.25. The number of hydrogen-bond acceptors (Lipinski definition) is 6. The molecule has 0 saturated heterocycles. The summed E-state index contributed by atoms with van der Waals surface area (Å²) in [5.41, 5.74) is 4.49. The molecular formula is C23H16N4O4. The summed E-state index contributed by atoms with van der Waals surface area (Å²) < 4.78 is 5.40. The van der Waals surface area contributed by atoms with Crippen molar-refractivity contribution in [1.29, 1.82) is 0 Å². The van der Waals surface area contributed by atoms with Crippen LogP contribution in [0.25, 0.3) is 28.4 Å². The first-order chi connectivity index (χ1) is 15.1. The van der Waals surface area contributed by atoms with Gasteiger partial charge in [0.05, 0.1) is 27.8 Å². The van der Waals surface area contributed by atoms with Gasteiger partial charge < -0.3 is 4.42 Å². The van der Waals surface area contributed by atoms with E-state index in [0.29, 0.717) is 33.5 Å². The van der Waals surface area contributed by atoms with E-state index in [1.807, 2.05) is 18.2 Å². The Hall–Kier alpha value is -4.59. The second kappa shape index (κ2) is 8.83. The van der Waals surface area contributed by atoms with Gasteiger partial charge in [0.1, 0.15) is 5.69 Å². The summed E-state index contributed by atoms with van der Waals surface area (Å²) in [6.45, 7) is 0. The molecule has 2 aromatic carbocycles. The number of allylic oxidation sites excluding steroid dienone is 1. The van der Waals surface area contributed by atoms with Crippen LogP contribution in [0.3, 0.4) is 0 Å². The molecule has 152 valence electrons. The van der Waals surface area contributed by atoms with Gasteiger partial charge in [-0.05, 0) is 42.5 Å². The number of carbonyl (C=O) groups excluding carboxylic acids is 1. The SMILES string of the molecule is O=C(N/N=C\C=C\c1ccccc1[N+](=O)[O-])c1cc(-c2ccco2)nc2ccccc12. The van der Waals surface area contributed by atoms with Gasteiger partial charge in [0.15, 0.2) is 5.76 Å². The van der Waals surface area contributed by atoms with Crippen molar-refractivity contribution in [3.63, 3.8) is 0 Å². The topological polar surface area (TPSA) is 111 Å². The molecule has 8 heteroatoms. The van der Waals surface area contributed by atoms with Crippen molar-refractivity contribution >= 4 is 34.8 Å². The Morgan fingerprint density at radius 2 is 1.90 bits per heavy atom. The van der Waals surface area contributed by atoms with Crippen molar-refractivity contribution < 1.29 is 14.1 Å². The summed E-state index contributed by atoms with van der Waals surface area (Å²) in [4.78, 5) is 27.9. The molecule has 31 heavy (non-hydrogen) atoms. The van der Waals surface area contributed by atoms with E-state index >= 15 is 0 Å². The predicted molar refractivity (Wildman–Crippen MR) is 118 cm³/mol. The summed E-state index contributed by atoms with van der Waals surface area (Å²) in [5, 5.41) is 15.6. The van der Waals surface area contributed by atoms with Crippen LogP contribution in [-0.4, -0.2) is 22.0 Å². The molecule has 0 saturated carbocycles. The van der Waals surface area contributed by atoms with E-state index in [1.165, 1.54) is 18.4 Å². The average Bonchev–Trinajstić information content (AvgIpc) is 3.33. The lowest BCUT2D eigenvalue weighted by Crippen LogP contribution is -2.18. The molecule has 0 radical (unpaired) electrons. The lowest BCUT2D eigenvalue weighted by molar-refractivity contribution is -0.385. The molecular weight excluding hydrogens is 396 g/mol. The van der Waals surface area contributed by atoms with Crippen LogP contribution in [0.1, 0.15) is 15.9 Å². The normalized spacial score (nSPS) is 11.4. The predicted octanol–water partition coefficient (Wildman–Crippen LogP) is 4.83. The fourth-order valence-electron chi connectivity index (χ4n) is 3.05. The summed E-state index contributed by atoms with van der Waals surface area (Å²) in [6, 6.07) is 18.8. The Balaban J connectivity index is 1.54. The molecule has 0 spiro atoms. The number of benzene rings is 2. The highest BCUT2D eigenvalue weighted by Gasteiger charge is 2.14. The van der Waals surface area contributed by atoms with Crippen molar-refractivity contribution in [2.24, 2.45) is 5.10 Å². The first-order valence-electron chi connectivity index (χ1n) is 9.30. The van der Waals surface area contributed by atoms with Crippen LogP contribution in [0.5, 0.6) is 0 Å². The Kier molecular flexibility index (Phi) is 5.62. The number of nitrogens with one attached hydrogen (secondary N) is 1. The summed E-state index contributed by atoms with van der Waals surface area (Å²) in [7, 11) is 0. The van der Waals surface area contributed by atoms with Crippen LogP contribution in [-0.2, 0) is 0 Å². The molecule has 2 aromatic heterocycles. The Morgan fingerprint density at radius 3 is 2.71 bits per heavy atom. The van der Waals surface area contributed by atoms with E-state index in [4.69, 9.17) is 4.42 Å². The van der Waals surface area contributed by atoms with Gasteiger partial charge in [-0.25, -0.2) is 10.4 Å². The number of nitro benzene ring substituents is 1. The molecule has 4 rings (SSSR count). The number of hydrogen-bond donors (Lipinski definition) is 1. The standard InChI is InChI=1S/C23H16N4O4/c28-23(26-24-13-5-8-16-7-1-4-11-21(16)27(29)30)18-15-20(22-12-6-14-31-22)25-19-10-3-2-9-17(18)19/h1-15H,(H,26,28)/b8-5+,24-13-. The maximum absolute atomic E-state index is 12.8. The third kappa shape index (κ3) is 4.38. The minimum absolute atomic E-state index is 0.00936. The number of carbonyl (C=O) groups is 1. The number of para-hydroxylation sites is 2. The van der Waals surface area contributed by atoms with Crippen LogP contribution < -0.4 is 5.43 Å². The van der Waals surface area contributed by atoms with Crippen molar-refractivity contribution in [2.75, 3.05) is 0 Å². The zero-order valence-electron chi connectivity index (χ0n) is 16.1. The van der Waals surface area contributed by atoms with E-state index in [1.54, 1.807) is 54.8 Å². The number of nitrogens with zero attached hydrogens (tertiary/aromatic N) is 3. The number of fused-ring (bicyclic) bond motifs is 1. The smallest absolute Gasteiger partial charge is 0.276 e. The Bertz CT molecular complexity index is 1310. The molecule has 0 unspecified atom stereocenters. The van der Waals surface area contributed by atoms with Crippen molar-refractivity contribution in [1.82, 2.24) is 10.4 Å². The Morgan fingerprint density at radius 1 is 1.10 bits per heavy atom. The molecule has 0 atom stereocenters. The molecule has 8 nitrogen and oxygen atoms in total. The number of nitro groups is 1. The molecule has 2 heterocycles. The lowest BCUT2D eigenvalue weighted by Gasteiger charge is -2.07. The van der Waals surface area contributed by atoms with E-state index < -0.39 is 10.8 Å². The molecule has 1 amide bonds. The Labute approximate surface area is 176 Å². The van der Waals surface area contributed by atoms with Crippen molar-refractivity contribution in [3.05, 3.63) is 100 Å². The van der Waals surface area contributed by atoms with Gasteiger partial charge in [0, 0.05) is 17.7 Å². The summed E-state index contributed by atoms with van der Waals surface area (Å²) in [5.74, 6) is 0.137. The number of hydrazone groups is 1. The molecule has 1 N–H and O–H groups in total. The third-order valence-corrected chi connectivity index (χ3v) is 4.47. The quantitative estimate of drug-likeness (QED) is 0.277. The van der Waals surface area contributed by atoms with E-state index in [9.17, 15) is 14.9 Å². The molecule has 0 aliphatic rings. The van der Waals surface area contributed by atoms with Crippen LogP contribution in [0, 0.1) is 10.1 Å². The van der Waals surface area contributed by atoms with Crippen LogP contribution >= 0.6 is 0 Å². The summed E-state index contributed by atoms with van der Waals surface area (Å²) in [6.07, 6.45) is 5.96. The largest absolute Gasteiger partial charge is 0.463 e. The van der Waals surface area contributed by atoms with E-state index in [0.717, 1.165) is 0 Å². The molecule has 0 bridgehead atoms. The number of amides is 1. The van der Waals surface area contributed by atoms with Gasteiger partial charge in [-0.2, -0.15) is 5.10 Å². The van der Waals surface area contributed by atoms with Crippen molar-refractivity contribution in [2.45, 2.75) is 0 Å². The fourth-order valence-corrected chi connectivity index (χ4v) is 3.05. The van der Waals surface area contributed by atoms with Gasteiger partial charge in [0.25, 0.3) is 11.6 Å². The zero-order chi connectivity index (χ0) is 21.6. The third-order valence-electron chi connectivity index (χ3n) is 4.47. The highest BCUT2D eigenvalue weighted by atomic mass is 16.6. The second-order valence-corrected chi connectivity index (χ2v) is 6.44. The number of rotatable bonds is 6. The molecule has 4 aromatic rings. The maximum atomic E-state index is 12.8. The molecule has 0 aliphatic carbocycles. The highest BCUT2D eigenvalue weighted by molar-refractivity contribution is 6.07. The van der Waals surface area contributed by atoms with E-state index in [-0.39, 0.29) is 5.69 Å². The average molecular weight is 412 g/mol. The zero-order valence-corrected chi connectivity index (χ0v) is 16.1. The van der Waals surface area contributed by atoms with Gasteiger partial charge in [0.2, 0.25) is 0 Å². The monoisotopic (exact) mass is 412 g/mol. The van der Waals surface area contributed by atoms with Gasteiger partial charge in [-0.1, -0.05) is 30.3 Å². The fraction of sp³-hybridized carbons (Fsp3) is 0. The van der Waals surface area contributed by atoms with Gasteiger partial charge in [-0.3, -0.25) is 14.9 Å². The van der Waals surface area contributed by atoms with Crippen LogP contribution in [0.4, 0.5) is 5.69 Å². The lowest BCUT2D eigenvalue weighted by atomic mass is 10.1. The second-order valence-electron chi connectivity index (χ2n) is 6.44. The minimum atomic E-state index is -0.455. The summed E-state index contributed by atoms with van der Waals surface area (Å²) >= 11 is 0. The number of furan rings is 1. The first kappa shape index (κ1) is 19.7. The molecule has 0 aliphatic heterocycles. The number of aromatic nitrogens is 1.